The SMILES string of the molecule is Cc1ccc(-c2ccc(S(N)(=O)=O)cc2F)c(-n2cccn2)c1. The first-order chi connectivity index (χ1) is 10.9. The molecule has 0 unspecified atom stereocenters. The van der Waals surface area contributed by atoms with Gasteiger partial charge in [0.15, 0.2) is 0 Å². The van der Waals surface area contributed by atoms with Crippen molar-refractivity contribution < 1.29 is 12.8 Å². The van der Waals surface area contributed by atoms with E-state index in [1.165, 1.54) is 12.1 Å². The van der Waals surface area contributed by atoms with E-state index in [9.17, 15) is 12.8 Å². The van der Waals surface area contributed by atoms with Crippen LogP contribution in [-0.4, -0.2) is 18.2 Å². The minimum absolute atomic E-state index is 0.258. The van der Waals surface area contributed by atoms with Gasteiger partial charge in [-0.25, -0.2) is 22.6 Å². The Morgan fingerprint density at radius 3 is 2.48 bits per heavy atom. The van der Waals surface area contributed by atoms with E-state index in [4.69, 9.17) is 5.14 Å². The smallest absolute Gasteiger partial charge is 0.238 e. The Morgan fingerprint density at radius 2 is 1.87 bits per heavy atom. The van der Waals surface area contributed by atoms with Gasteiger partial charge in [0.1, 0.15) is 5.82 Å². The second-order valence-electron chi connectivity index (χ2n) is 5.16. The van der Waals surface area contributed by atoms with Crippen LogP contribution in [0.25, 0.3) is 16.8 Å². The lowest BCUT2D eigenvalue weighted by Crippen LogP contribution is -2.12. The molecule has 0 saturated heterocycles. The summed E-state index contributed by atoms with van der Waals surface area (Å²) in [4.78, 5) is -0.258. The van der Waals surface area contributed by atoms with Gasteiger partial charge < -0.3 is 0 Å². The Morgan fingerprint density at radius 1 is 1.13 bits per heavy atom. The zero-order valence-corrected chi connectivity index (χ0v) is 13.1. The van der Waals surface area contributed by atoms with Gasteiger partial charge in [-0.05, 0) is 36.8 Å². The molecule has 0 fully saturated rings. The molecule has 0 atom stereocenters. The van der Waals surface area contributed by atoms with E-state index in [0.717, 1.165) is 11.6 Å². The molecular formula is C16H14FN3O2S. The number of nitrogens with two attached hydrogens (primary N) is 1. The molecule has 118 valence electrons. The van der Waals surface area contributed by atoms with E-state index in [1.54, 1.807) is 29.2 Å². The molecule has 0 spiro atoms. The molecule has 0 aliphatic rings. The van der Waals surface area contributed by atoms with Crippen LogP contribution in [0.3, 0.4) is 0 Å². The average Bonchev–Trinajstić information content (AvgIpc) is 3.00. The topological polar surface area (TPSA) is 78.0 Å². The normalized spacial score (nSPS) is 11.6. The summed E-state index contributed by atoms with van der Waals surface area (Å²) in [5.74, 6) is -0.659. The summed E-state index contributed by atoms with van der Waals surface area (Å²) < 4.78 is 38.7. The Labute approximate surface area is 133 Å². The molecule has 2 aromatic carbocycles. The Kier molecular flexibility index (Phi) is 3.75. The zero-order valence-electron chi connectivity index (χ0n) is 12.3. The van der Waals surface area contributed by atoms with E-state index < -0.39 is 15.8 Å². The number of aromatic nitrogens is 2. The van der Waals surface area contributed by atoms with Crippen LogP contribution in [0.15, 0.2) is 59.8 Å². The van der Waals surface area contributed by atoms with Crippen molar-refractivity contribution in [3.63, 3.8) is 0 Å². The summed E-state index contributed by atoms with van der Waals surface area (Å²) in [6.07, 6.45) is 3.39. The number of halogens is 1. The molecular weight excluding hydrogens is 317 g/mol. The van der Waals surface area contributed by atoms with Gasteiger partial charge in [-0.15, -0.1) is 0 Å². The van der Waals surface area contributed by atoms with Crippen LogP contribution < -0.4 is 5.14 Å². The van der Waals surface area contributed by atoms with Crippen LogP contribution in [0.2, 0.25) is 0 Å². The molecule has 3 aromatic rings. The van der Waals surface area contributed by atoms with Crippen molar-refractivity contribution in [3.8, 4) is 16.8 Å². The van der Waals surface area contributed by atoms with Gasteiger partial charge in [0.2, 0.25) is 10.0 Å². The van der Waals surface area contributed by atoms with Crippen molar-refractivity contribution in [3.05, 3.63) is 66.2 Å². The van der Waals surface area contributed by atoms with Gasteiger partial charge in [0.25, 0.3) is 0 Å². The molecule has 0 aliphatic heterocycles. The van der Waals surface area contributed by atoms with Crippen molar-refractivity contribution >= 4 is 10.0 Å². The van der Waals surface area contributed by atoms with Gasteiger partial charge in [-0.1, -0.05) is 18.2 Å². The minimum atomic E-state index is -3.94. The number of nitrogens with zero attached hydrogens (tertiary/aromatic N) is 2. The highest BCUT2D eigenvalue weighted by molar-refractivity contribution is 7.89. The van der Waals surface area contributed by atoms with Crippen molar-refractivity contribution in [2.45, 2.75) is 11.8 Å². The summed E-state index contributed by atoms with van der Waals surface area (Å²) in [7, 11) is -3.94. The van der Waals surface area contributed by atoms with Crippen molar-refractivity contribution in [2.75, 3.05) is 0 Å². The molecule has 3 rings (SSSR count). The number of primary sulfonamides is 1. The fraction of sp³-hybridized carbons (Fsp3) is 0.0625. The van der Waals surface area contributed by atoms with Crippen LogP contribution in [-0.2, 0) is 10.0 Å². The number of rotatable bonds is 3. The van der Waals surface area contributed by atoms with Gasteiger partial charge in [-0.3, -0.25) is 0 Å². The summed E-state index contributed by atoms with van der Waals surface area (Å²) >= 11 is 0. The van der Waals surface area contributed by atoms with Crippen LogP contribution >= 0.6 is 0 Å². The van der Waals surface area contributed by atoms with E-state index in [0.29, 0.717) is 11.3 Å². The molecule has 23 heavy (non-hydrogen) atoms. The molecule has 1 heterocycles. The molecule has 0 amide bonds. The maximum Gasteiger partial charge on any atom is 0.238 e. The third kappa shape index (κ3) is 3.01. The van der Waals surface area contributed by atoms with Gasteiger partial charge in [0, 0.05) is 23.5 Å². The maximum atomic E-state index is 14.4. The van der Waals surface area contributed by atoms with Crippen LogP contribution in [0.4, 0.5) is 4.39 Å². The minimum Gasteiger partial charge on any atom is -0.240 e. The lowest BCUT2D eigenvalue weighted by molar-refractivity contribution is 0.593. The van der Waals surface area contributed by atoms with E-state index in [1.807, 2.05) is 19.1 Å². The zero-order chi connectivity index (χ0) is 16.6. The molecule has 0 saturated carbocycles. The predicted molar refractivity (Wildman–Crippen MR) is 85.1 cm³/mol. The Hall–Kier alpha value is -2.51. The molecule has 2 N–H and O–H groups in total. The highest BCUT2D eigenvalue weighted by atomic mass is 32.2. The first-order valence-electron chi connectivity index (χ1n) is 6.79. The Bertz CT molecular complexity index is 967. The number of benzene rings is 2. The second-order valence-corrected chi connectivity index (χ2v) is 6.72. The maximum absolute atomic E-state index is 14.4. The van der Waals surface area contributed by atoms with Crippen molar-refractivity contribution in [2.24, 2.45) is 5.14 Å². The van der Waals surface area contributed by atoms with Crippen molar-refractivity contribution in [1.29, 1.82) is 0 Å². The summed E-state index contributed by atoms with van der Waals surface area (Å²) in [6, 6.07) is 10.9. The molecule has 0 bridgehead atoms. The molecule has 7 heteroatoms. The van der Waals surface area contributed by atoms with E-state index in [-0.39, 0.29) is 10.5 Å². The highest BCUT2D eigenvalue weighted by Crippen LogP contribution is 2.30. The summed E-state index contributed by atoms with van der Waals surface area (Å²) in [6.45, 7) is 1.93. The van der Waals surface area contributed by atoms with Crippen LogP contribution in [0.5, 0.6) is 0 Å². The number of aryl methyl sites for hydroxylation is 1. The molecule has 0 aliphatic carbocycles. The summed E-state index contributed by atoms with van der Waals surface area (Å²) in [5.41, 5.74) is 2.60. The van der Waals surface area contributed by atoms with Gasteiger partial charge in [-0.2, -0.15) is 5.10 Å². The fourth-order valence-corrected chi connectivity index (χ4v) is 2.89. The highest BCUT2D eigenvalue weighted by Gasteiger charge is 2.15. The third-order valence-corrected chi connectivity index (χ3v) is 4.37. The molecule has 5 nitrogen and oxygen atoms in total. The van der Waals surface area contributed by atoms with Crippen LogP contribution in [0.1, 0.15) is 5.56 Å². The van der Waals surface area contributed by atoms with Crippen LogP contribution in [0, 0.1) is 12.7 Å². The first-order valence-corrected chi connectivity index (χ1v) is 8.34. The third-order valence-electron chi connectivity index (χ3n) is 3.46. The Balaban J connectivity index is 2.20. The monoisotopic (exact) mass is 331 g/mol. The van der Waals surface area contributed by atoms with Crippen molar-refractivity contribution in [1.82, 2.24) is 9.78 Å². The lowest BCUT2D eigenvalue weighted by Gasteiger charge is -2.12. The molecule has 0 radical (unpaired) electrons. The number of hydrogen-bond acceptors (Lipinski definition) is 3. The quantitative estimate of drug-likeness (QED) is 0.801. The predicted octanol–water partition coefficient (Wildman–Crippen LogP) is 2.63. The van der Waals surface area contributed by atoms with Gasteiger partial charge >= 0.3 is 0 Å². The van der Waals surface area contributed by atoms with E-state index >= 15 is 0 Å². The largest absolute Gasteiger partial charge is 0.240 e. The average molecular weight is 331 g/mol. The lowest BCUT2D eigenvalue weighted by atomic mass is 10.0. The summed E-state index contributed by atoms with van der Waals surface area (Å²) in [5, 5.41) is 9.21. The fourth-order valence-electron chi connectivity index (χ4n) is 2.36. The molecule has 1 aromatic heterocycles. The first kappa shape index (κ1) is 15.4. The number of sulfonamides is 1. The van der Waals surface area contributed by atoms with Gasteiger partial charge in [0.05, 0.1) is 10.6 Å². The van der Waals surface area contributed by atoms with E-state index in [2.05, 4.69) is 5.10 Å². The second kappa shape index (κ2) is 5.60. The standard InChI is InChI=1S/C16H14FN3O2S/c1-11-3-5-14(16(9-11)20-8-2-7-19-20)13-6-4-12(10-15(13)17)23(18,21)22/h2-10H,1H3,(H2,18,21,22). The number of hydrogen-bond donors (Lipinski definition) is 1.